The number of hydrogen-bond acceptors (Lipinski definition) is 2. The van der Waals surface area contributed by atoms with Gasteiger partial charge in [0.1, 0.15) is 0 Å². The van der Waals surface area contributed by atoms with Gasteiger partial charge in [0.25, 0.3) is 0 Å². The molecule has 5 heteroatoms. The average molecular weight is 294 g/mol. The second kappa shape index (κ2) is 5.62. The highest BCUT2D eigenvalue weighted by Crippen LogP contribution is 2.35. The molecule has 2 fully saturated rings. The third kappa shape index (κ3) is 2.76. The average Bonchev–Trinajstić information content (AvgIpc) is 2.84. The van der Waals surface area contributed by atoms with Crippen molar-refractivity contribution in [2.75, 3.05) is 18.4 Å². The van der Waals surface area contributed by atoms with E-state index in [1.807, 2.05) is 17.0 Å². The van der Waals surface area contributed by atoms with Gasteiger partial charge in [-0.05, 0) is 42.9 Å². The summed E-state index contributed by atoms with van der Waals surface area (Å²) in [6.07, 6.45) is 3.47. The number of benzene rings is 1. The number of amides is 2. The van der Waals surface area contributed by atoms with Crippen LogP contribution in [-0.4, -0.2) is 30.1 Å². The first-order valence-corrected chi connectivity index (χ1v) is 7.58. The van der Waals surface area contributed by atoms with Gasteiger partial charge >= 0.3 is 6.03 Å². The van der Waals surface area contributed by atoms with Gasteiger partial charge in [0.15, 0.2) is 0 Å². The van der Waals surface area contributed by atoms with Gasteiger partial charge in [-0.1, -0.05) is 24.1 Å². The van der Waals surface area contributed by atoms with Crippen LogP contribution in [0, 0.1) is 11.8 Å². The van der Waals surface area contributed by atoms with Crippen LogP contribution in [0.2, 0.25) is 5.02 Å². The van der Waals surface area contributed by atoms with E-state index in [9.17, 15) is 4.79 Å². The highest BCUT2D eigenvalue weighted by molar-refractivity contribution is 6.30. The molecule has 0 spiro atoms. The lowest BCUT2D eigenvalue weighted by molar-refractivity contribution is 0.219. The minimum Gasteiger partial charge on any atom is -0.327 e. The highest BCUT2D eigenvalue weighted by Gasteiger charge is 2.40. The number of carbonyl (C=O) groups excluding carboxylic acids is 1. The molecule has 0 aromatic heterocycles. The third-order valence-electron chi connectivity index (χ3n) is 4.52. The fraction of sp³-hybridized carbons (Fsp3) is 0.533. The first-order valence-electron chi connectivity index (χ1n) is 7.20. The van der Waals surface area contributed by atoms with Gasteiger partial charge in [-0.15, -0.1) is 0 Å². The number of carbonyl (C=O) groups is 1. The summed E-state index contributed by atoms with van der Waals surface area (Å²) in [6, 6.07) is 7.43. The summed E-state index contributed by atoms with van der Waals surface area (Å²) in [6.45, 7) is 1.60. The predicted octanol–water partition coefficient (Wildman–Crippen LogP) is 2.93. The number of likely N-dealkylation sites (tertiary alicyclic amines) is 1. The van der Waals surface area contributed by atoms with Crippen molar-refractivity contribution in [1.29, 1.82) is 0 Å². The summed E-state index contributed by atoms with van der Waals surface area (Å²) in [4.78, 5) is 14.2. The van der Waals surface area contributed by atoms with E-state index in [1.54, 1.807) is 12.1 Å². The molecule has 4 nitrogen and oxygen atoms in total. The predicted molar refractivity (Wildman–Crippen MR) is 80.9 cm³/mol. The molecule has 108 valence electrons. The van der Waals surface area contributed by atoms with Gasteiger partial charge < -0.3 is 16.0 Å². The van der Waals surface area contributed by atoms with Crippen molar-refractivity contribution in [2.24, 2.45) is 17.6 Å². The van der Waals surface area contributed by atoms with E-state index in [1.165, 1.54) is 12.8 Å². The van der Waals surface area contributed by atoms with Crippen molar-refractivity contribution in [3.8, 4) is 0 Å². The van der Waals surface area contributed by atoms with E-state index in [2.05, 4.69) is 5.32 Å². The van der Waals surface area contributed by atoms with E-state index in [0.717, 1.165) is 25.2 Å². The van der Waals surface area contributed by atoms with E-state index < -0.39 is 0 Å². The van der Waals surface area contributed by atoms with E-state index >= 15 is 0 Å². The van der Waals surface area contributed by atoms with Gasteiger partial charge in [0.2, 0.25) is 0 Å². The molecular weight excluding hydrogens is 274 g/mol. The van der Waals surface area contributed by atoms with Gasteiger partial charge in [0, 0.05) is 29.8 Å². The zero-order valence-electron chi connectivity index (χ0n) is 11.4. The Morgan fingerprint density at radius 2 is 2.20 bits per heavy atom. The molecule has 1 aromatic carbocycles. The largest absolute Gasteiger partial charge is 0.327 e. The molecule has 1 aromatic rings. The zero-order valence-corrected chi connectivity index (χ0v) is 12.1. The lowest BCUT2D eigenvalue weighted by atomic mass is 9.78. The Hall–Kier alpha value is -1.26. The number of hydrogen-bond donors (Lipinski definition) is 2. The van der Waals surface area contributed by atoms with Gasteiger partial charge in [0.05, 0.1) is 0 Å². The molecule has 3 unspecified atom stereocenters. The molecule has 1 saturated heterocycles. The molecule has 1 aliphatic heterocycles. The molecule has 3 atom stereocenters. The van der Waals surface area contributed by atoms with Crippen molar-refractivity contribution < 1.29 is 4.79 Å². The van der Waals surface area contributed by atoms with Gasteiger partial charge in [-0.3, -0.25) is 0 Å². The first-order chi connectivity index (χ1) is 9.63. The monoisotopic (exact) mass is 293 g/mol. The lowest BCUT2D eigenvalue weighted by Gasteiger charge is -2.29. The Morgan fingerprint density at radius 3 is 2.95 bits per heavy atom. The standard InChI is InChI=1S/C15H20ClN3O/c16-11-4-2-5-12(7-11)18-15(20)19-8-10-3-1-6-14(17)13(10)9-19/h2,4-5,7,10,13-14H,1,3,6,8-9,17H2,(H,18,20). The number of urea groups is 1. The highest BCUT2D eigenvalue weighted by atomic mass is 35.5. The molecule has 2 amide bonds. The number of anilines is 1. The minimum atomic E-state index is -0.0473. The van der Waals surface area contributed by atoms with E-state index in [4.69, 9.17) is 17.3 Å². The van der Waals surface area contributed by atoms with Crippen LogP contribution in [0.3, 0.4) is 0 Å². The fourth-order valence-corrected chi connectivity index (χ4v) is 3.64. The Bertz CT molecular complexity index is 508. The second-order valence-electron chi connectivity index (χ2n) is 5.86. The smallest absolute Gasteiger partial charge is 0.321 e. The maximum atomic E-state index is 12.3. The van der Waals surface area contributed by atoms with Gasteiger partial charge in [-0.25, -0.2) is 4.79 Å². The minimum absolute atomic E-state index is 0.0473. The summed E-state index contributed by atoms with van der Waals surface area (Å²) in [5, 5.41) is 3.54. The summed E-state index contributed by atoms with van der Waals surface area (Å²) in [7, 11) is 0. The molecule has 0 bridgehead atoms. The Morgan fingerprint density at radius 1 is 1.35 bits per heavy atom. The molecule has 2 aliphatic rings. The quantitative estimate of drug-likeness (QED) is 0.836. The fourth-order valence-electron chi connectivity index (χ4n) is 3.45. The number of nitrogens with two attached hydrogens (primary N) is 1. The Kier molecular flexibility index (Phi) is 3.85. The van der Waals surface area contributed by atoms with Crippen LogP contribution in [0.25, 0.3) is 0 Å². The maximum absolute atomic E-state index is 12.3. The van der Waals surface area contributed by atoms with Crippen LogP contribution in [0.15, 0.2) is 24.3 Å². The molecule has 3 rings (SSSR count). The first kappa shape index (κ1) is 13.7. The third-order valence-corrected chi connectivity index (χ3v) is 4.75. The van der Waals surface area contributed by atoms with Gasteiger partial charge in [-0.2, -0.15) is 0 Å². The van der Waals surface area contributed by atoms with E-state index in [-0.39, 0.29) is 12.1 Å². The van der Waals surface area contributed by atoms with Crippen LogP contribution >= 0.6 is 11.6 Å². The topological polar surface area (TPSA) is 58.4 Å². The molecular formula is C15H20ClN3O. The summed E-state index contributed by atoms with van der Waals surface area (Å²) in [5.41, 5.74) is 6.92. The number of fused-ring (bicyclic) bond motifs is 1. The molecule has 1 aliphatic carbocycles. The van der Waals surface area contributed by atoms with Crippen LogP contribution in [0.1, 0.15) is 19.3 Å². The number of nitrogens with one attached hydrogen (secondary N) is 1. The van der Waals surface area contributed by atoms with Crippen LogP contribution < -0.4 is 11.1 Å². The molecule has 1 heterocycles. The zero-order chi connectivity index (χ0) is 14.1. The van der Waals surface area contributed by atoms with Crippen LogP contribution in [0.5, 0.6) is 0 Å². The number of halogens is 1. The van der Waals surface area contributed by atoms with Crippen molar-refractivity contribution in [3.05, 3.63) is 29.3 Å². The summed E-state index contributed by atoms with van der Waals surface area (Å²) >= 11 is 5.93. The Balaban J connectivity index is 1.64. The second-order valence-corrected chi connectivity index (χ2v) is 6.30. The summed E-state index contributed by atoms with van der Waals surface area (Å²) < 4.78 is 0. The maximum Gasteiger partial charge on any atom is 0.321 e. The Labute approximate surface area is 124 Å². The molecule has 1 saturated carbocycles. The van der Waals surface area contributed by atoms with Crippen LogP contribution in [-0.2, 0) is 0 Å². The van der Waals surface area contributed by atoms with Crippen molar-refractivity contribution in [3.63, 3.8) is 0 Å². The normalized spacial score (nSPS) is 29.1. The number of rotatable bonds is 1. The molecule has 20 heavy (non-hydrogen) atoms. The van der Waals surface area contributed by atoms with Crippen molar-refractivity contribution in [1.82, 2.24) is 4.90 Å². The van der Waals surface area contributed by atoms with Crippen molar-refractivity contribution in [2.45, 2.75) is 25.3 Å². The molecule has 0 radical (unpaired) electrons. The lowest BCUT2D eigenvalue weighted by Crippen LogP contribution is -2.39. The van der Waals surface area contributed by atoms with Crippen LogP contribution in [0.4, 0.5) is 10.5 Å². The SMILES string of the molecule is NC1CCCC2CN(C(=O)Nc3cccc(Cl)c3)CC12. The van der Waals surface area contributed by atoms with E-state index in [0.29, 0.717) is 16.9 Å². The van der Waals surface area contributed by atoms with Crippen molar-refractivity contribution >= 4 is 23.3 Å². The number of nitrogens with zero attached hydrogens (tertiary/aromatic N) is 1. The summed E-state index contributed by atoms with van der Waals surface area (Å²) in [5.74, 6) is 1.04. The molecule has 3 N–H and O–H groups in total.